The fourth-order valence-corrected chi connectivity index (χ4v) is 3.08. The second-order valence-corrected chi connectivity index (χ2v) is 5.80. The first-order valence-electron chi connectivity index (χ1n) is 7.02. The molecule has 0 unspecified atom stereocenters. The molecule has 3 nitrogen and oxygen atoms in total. The van der Waals surface area contributed by atoms with Crippen molar-refractivity contribution < 1.29 is 4.74 Å². The molecule has 1 aromatic heterocycles. The molecule has 0 amide bonds. The second-order valence-electron chi connectivity index (χ2n) is 4.83. The van der Waals surface area contributed by atoms with E-state index in [9.17, 15) is 0 Å². The van der Waals surface area contributed by atoms with Crippen LogP contribution >= 0.6 is 11.3 Å². The summed E-state index contributed by atoms with van der Waals surface area (Å²) >= 11 is 1.71. The number of methoxy groups -OCH3 is 1. The topological polar surface area (TPSA) is 34.1 Å². The van der Waals surface area contributed by atoms with E-state index in [4.69, 9.17) is 4.74 Å². The van der Waals surface area contributed by atoms with Crippen LogP contribution in [0, 0.1) is 0 Å². The van der Waals surface area contributed by atoms with E-state index in [0.717, 1.165) is 25.3 Å². The summed E-state index contributed by atoms with van der Waals surface area (Å²) in [6.07, 6.45) is 2.84. The number of hydrogen-bond acceptors (Lipinski definition) is 4. The summed E-state index contributed by atoms with van der Waals surface area (Å²) in [7, 11) is 1.72. The van der Waals surface area contributed by atoms with Gasteiger partial charge in [-0.15, -0.1) is 11.3 Å². The minimum atomic E-state index is 0.857. The molecule has 0 spiro atoms. The Balaban J connectivity index is 1.69. The molecule has 108 valence electrons. The van der Waals surface area contributed by atoms with E-state index in [2.05, 4.69) is 34.6 Å². The van der Waals surface area contributed by atoms with Gasteiger partial charge < -0.3 is 10.1 Å². The van der Waals surface area contributed by atoms with Crippen molar-refractivity contribution in [1.29, 1.82) is 0 Å². The van der Waals surface area contributed by atoms with Crippen molar-refractivity contribution in [1.82, 2.24) is 10.3 Å². The summed E-state index contributed by atoms with van der Waals surface area (Å²) in [5, 5.41) is 9.11. The van der Waals surface area contributed by atoms with E-state index >= 15 is 0 Å². The van der Waals surface area contributed by atoms with Gasteiger partial charge in [0.15, 0.2) is 0 Å². The van der Waals surface area contributed by atoms with Gasteiger partial charge in [0.05, 0.1) is 12.1 Å². The Morgan fingerprint density at radius 1 is 1.14 bits per heavy atom. The summed E-state index contributed by atoms with van der Waals surface area (Å²) < 4.78 is 5.43. The third-order valence-electron chi connectivity index (χ3n) is 3.51. The molecule has 0 atom stereocenters. The van der Waals surface area contributed by atoms with Gasteiger partial charge in [-0.3, -0.25) is 0 Å². The molecule has 0 saturated heterocycles. The molecule has 0 fully saturated rings. The highest BCUT2D eigenvalue weighted by Gasteiger charge is 2.05. The molecule has 0 aliphatic heterocycles. The van der Waals surface area contributed by atoms with Gasteiger partial charge in [-0.05, 0) is 17.0 Å². The van der Waals surface area contributed by atoms with Crippen molar-refractivity contribution in [3.05, 3.63) is 58.5 Å². The maximum absolute atomic E-state index is 5.43. The summed E-state index contributed by atoms with van der Waals surface area (Å²) in [5.41, 5.74) is 1.30. The van der Waals surface area contributed by atoms with Crippen LogP contribution in [0.1, 0.15) is 10.6 Å². The quantitative estimate of drug-likeness (QED) is 0.706. The van der Waals surface area contributed by atoms with Crippen molar-refractivity contribution in [3.8, 4) is 5.75 Å². The van der Waals surface area contributed by atoms with Gasteiger partial charge in [0.2, 0.25) is 0 Å². The molecule has 1 N–H and O–H groups in total. The Hall–Kier alpha value is -1.91. The summed E-state index contributed by atoms with van der Waals surface area (Å²) in [6, 6.07) is 12.5. The van der Waals surface area contributed by atoms with Gasteiger partial charge in [0.1, 0.15) is 5.75 Å². The first-order valence-corrected chi connectivity index (χ1v) is 7.90. The second kappa shape index (κ2) is 6.70. The van der Waals surface area contributed by atoms with Crippen LogP contribution in [0.4, 0.5) is 0 Å². The smallest absolute Gasteiger partial charge is 0.126 e. The van der Waals surface area contributed by atoms with Gasteiger partial charge in [0.25, 0.3) is 0 Å². The van der Waals surface area contributed by atoms with Gasteiger partial charge in [0, 0.05) is 36.5 Å². The van der Waals surface area contributed by atoms with Crippen molar-refractivity contribution >= 4 is 22.1 Å². The molecule has 21 heavy (non-hydrogen) atoms. The molecule has 0 bridgehead atoms. The Morgan fingerprint density at radius 3 is 2.76 bits per heavy atom. The van der Waals surface area contributed by atoms with E-state index < -0.39 is 0 Å². The molecular formula is C17H18N2OS. The van der Waals surface area contributed by atoms with E-state index in [1.165, 1.54) is 21.3 Å². The number of fused-ring (bicyclic) bond motifs is 1. The zero-order chi connectivity index (χ0) is 14.5. The standard InChI is InChI=1S/C17H18N2OS/c1-20-16-7-6-13(14-4-2-3-5-15(14)16)12-18-9-8-17-19-10-11-21-17/h2-7,10-11,18H,8-9,12H2,1H3. The van der Waals surface area contributed by atoms with Gasteiger partial charge in [-0.1, -0.05) is 30.3 Å². The molecule has 0 aliphatic carbocycles. The molecule has 3 rings (SSSR count). The molecule has 1 heterocycles. The summed E-state index contributed by atoms with van der Waals surface area (Å²) in [4.78, 5) is 4.30. The third-order valence-corrected chi connectivity index (χ3v) is 4.35. The Kier molecular flexibility index (Phi) is 4.48. The highest BCUT2D eigenvalue weighted by Crippen LogP contribution is 2.28. The van der Waals surface area contributed by atoms with Crippen LogP contribution in [0.3, 0.4) is 0 Å². The maximum atomic E-state index is 5.43. The Labute approximate surface area is 128 Å². The summed E-state index contributed by atoms with van der Waals surface area (Å²) in [5.74, 6) is 0.928. The Bertz CT molecular complexity index is 710. The van der Waals surface area contributed by atoms with Gasteiger partial charge in [-0.2, -0.15) is 0 Å². The molecule has 3 aromatic rings. The predicted molar refractivity (Wildman–Crippen MR) is 88.0 cm³/mol. The van der Waals surface area contributed by atoms with E-state index in [-0.39, 0.29) is 0 Å². The lowest BCUT2D eigenvalue weighted by atomic mass is 10.0. The number of aromatic nitrogens is 1. The van der Waals surface area contributed by atoms with Crippen LogP contribution in [-0.4, -0.2) is 18.6 Å². The molecule has 0 saturated carbocycles. The first kappa shape index (κ1) is 14.0. The van der Waals surface area contributed by atoms with Crippen molar-refractivity contribution in [2.75, 3.05) is 13.7 Å². The highest BCUT2D eigenvalue weighted by atomic mass is 32.1. The average Bonchev–Trinajstić information content (AvgIpc) is 3.05. The van der Waals surface area contributed by atoms with E-state index in [1.807, 2.05) is 23.7 Å². The lowest BCUT2D eigenvalue weighted by Crippen LogP contribution is -2.16. The van der Waals surface area contributed by atoms with Gasteiger partial charge >= 0.3 is 0 Å². The molecule has 0 radical (unpaired) electrons. The largest absolute Gasteiger partial charge is 0.496 e. The lowest BCUT2D eigenvalue weighted by molar-refractivity contribution is 0.419. The molecule has 2 aromatic carbocycles. The Morgan fingerprint density at radius 2 is 2.00 bits per heavy atom. The number of nitrogens with one attached hydrogen (secondary N) is 1. The minimum Gasteiger partial charge on any atom is -0.496 e. The number of ether oxygens (including phenoxy) is 1. The zero-order valence-electron chi connectivity index (χ0n) is 12.0. The molecule has 0 aliphatic rings. The average molecular weight is 298 g/mol. The van der Waals surface area contributed by atoms with Gasteiger partial charge in [-0.25, -0.2) is 4.98 Å². The van der Waals surface area contributed by atoms with Crippen LogP contribution in [0.2, 0.25) is 0 Å². The fourth-order valence-electron chi connectivity index (χ4n) is 2.46. The number of nitrogens with zero attached hydrogens (tertiary/aromatic N) is 1. The van der Waals surface area contributed by atoms with Crippen LogP contribution in [0.15, 0.2) is 48.0 Å². The summed E-state index contributed by atoms with van der Waals surface area (Å²) in [6.45, 7) is 1.80. The SMILES string of the molecule is COc1ccc(CNCCc2nccs2)c2ccccc12. The van der Waals surface area contributed by atoms with Crippen molar-refractivity contribution in [2.24, 2.45) is 0 Å². The first-order chi connectivity index (χ1) is 10.4. The lowest BCUT2D eigenvalue weighted by Gasteiger charge is -2.11. The van der Waals surface area contributed by atoms with Crippen molar-refractivity contribution in [2.45, 2.75) is 13.0 Å². The number of rotatable bonds is 6. The third kappa shape index (κ3) is 3.23. The maximum Gasteiger partial charge on any atom is 0.126 e. The monoisotopic (exact) mass is 298 g/mol. The van der Waals surface area contributed by atoms with Crippen LogP contribution in [0.25, 0.3) is 10.8 Å². The number of hydrogen-bond donors (Lipinski definition) is 1. The van der Waals surface area contributed by atoms with Crippen LogP contribution in [0.5, 0.6) is 5.75 Å². The normalized spacial score (nSPS) is 10.9. The van der Waals surface area contributed by atoms with E-state index in [1.54, 1.807) is 18.4 Å². The fraction of sp³-hybridized carbons (Fsp3) is 0.235. The highest BCUT2D eigenvalue weighted by molar-refractivity contribution is 7.09. The van der Waals surface area contributed by atoms with E-state index in [0.29, 0.717) is 0 Å². The predicted octanol–water partition coefficient (Wildman–Crippen LogP) is 3.64. The zero-order valence-corrected chi connectivity index (χ0v) is 12.8. The molecule has 4 heteroatoms. The number of thiazole rings is 1. The minimum absolute atomic E-state index is 0.857. The number of benzene rings is 2. The molecular weight excluding hydrogens is 280 g/mol. The van der Waals surface area contributed by atoms with Crippen molar-refractivity contribution in [3.63, 3.8) is 0 Å². The van der Waals surface area contributed by atoms with Crippen LogP contribution in [-0.2, 0) is 13.0 Å². The van der Waals surface area contributed by atoms with Crippen LogP contribution < -0.4 is 10.1 Å².